The Morgan fingerprint density at radius 3 is 2.52 bits per heavy atom. The van der Waals surface area contributed by atoms with Crippen LogP contribution in [0.15, 0.2) is 24.3 Å². The zero-order valence-electron chi connectivity index (χ0n) is 15.3. The van der Waals surface area contributed by atoms with Gasteiger partial charge in [-0.3, -0.25) is 4.90 Å². The lowest BCUT2D eigenvalue weighted by atomic mass is 9.89. The molecule has 4 nitrogen and oxygen atoms in total. The number of rotatable bonds is 1. The van der Waals surface area contributed by atoms with Crippen LogP contribution in [0.1, 0.15) is 38.3 Å². The maximum Gasteiger partial charge on any atom is 0.419 e. The van der Waals surface area contributed by atoms with Crippen LogP contribution in [0.25, 0.3) is 5.57 Å². The fourth-order valence-electron chi connectivity index (χ4n) is 3.35. The van der Waals surface area contributed by atoms with Crippen LogP contribution in [0, 0.1) is 5.82 Å². The molecule has 1 amide bonds. The first-order chi connectivity index (χ1) is 12.5. The second-order valence-corrected chi connectivity index (χ2v) is 7.73. The molecule has 0 spiro atoms. The Hall–Kier alpha value is -2.09. The molecule has 0 aliphatic carbocycles. The van der Waals surface area contributed by atoms with E-state index in [1.165, 1.54) is 6.07 Å². The van der Waals surface area contributed by atoms with Crippen molar-refractivity contribution in [1.29, 1.82) is 0 Å². The summed E-state index contributed by atoms with van der Waals surface area (Å²) in [7, 11) is 0. The summed E-state index contributed by atoms with van der Waals surface area (Å²) in [6.45, 7) is 5.78. The van der Waals surface area contributed by atoms with Gasteiger partial charge in [0.05, 0.1) is 30.9 Å². The summed E-state index contributed by atoms with van der Waals surface area (Å²) in [6.07, 6.45) is -3.24. The van der Waals surface area contributed by atoms with Crippen molar-refractivity contribution in [2.45, 2.75) is 51.1 Å². The van der Waals surface area contributed by atoms with Crippen LogP contribution in [-0.2, 0) is 15.7 Å². The van der Waals surface area contributed by atoms with Gasteiger partial charge in [-0.25, -0.2) is 9.18 Å². The Morgan fingerprint density at radius 2 is 1.93 bits per heavy atom. The molecule has 27 heavy (non-hydrogen) atoms. The van der Waals surface area contributed by atoms with Crippen LogP contribution in [0.2, 0.25) is 0 Å². The first-order valence-corrected chi connectivity index (χ1v) is 8.62. The Balaban J connectivity index is 1.91. The van der Waals surface area contributed by atoms with E-state index in [1.54, 1.807) is 31.7 Å². The van der Waals surface area contributed by atoms with Gasteiger partial charge in [-0.15, -0.1) is 0 Å². The molecule has 0 aromatic heterocycles. The molecule has 2 bridgehead atoms. The molecule has 2 unspecified atom stereocenters. The number of fused-ring (bicyclic) bond motifs is 2. The third-order valence-electron chi connectivity index (χ3n) is 4.45. The first-order valence-electron chi connectivity index (χ1n) is 8.62. The Bertz CT molecular complexity index is 767. The Labute approximate surface area is 154 Å². The topological polar surface area (TPSA) is 38.8 Å². The summed E-state index contributed by atoms with van der Waals surface area (Å²) in [6, 6.07) is 2.18. The van der Waals surface area contributed by atoms with Crippen molar-refractivity contribution in [1.82, 2.24) is 4.90 Å². The maximum atomic E-state index is 13.6. The maximum absolute atomic E-state index is 13.6. The molecule has 1 aromatic carbocycles. The van der Waals surface area contributed by atoms with E-state index in [4.69, 9.17) is 9.47 Å². The summed E-state index contributed by atoms with van der Waals surface area (Å²) >= 11 is 0. The molecular formula is C19H21F4NO3. The standard InChI is InChI=1S/C19H21F4NO3/c1-18(2,3)27-17(25)24-13-6-12(7-14(24)10-26-9-13)11-4-5-16(20)15(8-11)19(21,22)23/h4-6,8,13-14H,7,9-10H2,1-3H3. The molecule has 2 heterocycles. The van der Waals surface area contributed by atoms with Gasteiger partial charge in [0.25, 0.3) is 0 Å². The van der Waals surface area contributed by atoms with E-state index in [2.05, 4.69) is 0 Å². The van der Waals surface area contributed by atoms with Crippen molar-refractivity contribution in [3.05, 3.63) is 41.2 Å². The van der Waals surface area contributed by atoms with Gasteiger partial charge in [0.2, 0.25) is 0 Å². The van der Waals surface area contributed by atoms with E-state index in [1.807, 2.05) is 0 Å². The van der Waals surface area contributed by atoms with Crippen molar-refractivity contribution in [3.63, 3.8) is 0 Å². The number of carbonyl (C=O) groups excluding carboxylic acids is 1. The number of ether oxygens (including phenoxy) is 2. The minimum absolute atomic E-state index is 0.229. The van der Waals surface area contributed by atoms with Gasteiger partial charge >= 0.3 is 12.3 Å². The van der Waals surface area contributed by atoms with Crippen LogP contribution < -0.4 is 0 Å². The minimum atomic E-state index is -4.77. The number of halogens is 4. The van der Waals surface area contributed by atoms with Gasteiger partial charge in [-0.1, -0.05) is 12.1 Å². The quantitative estimate of drug-likeness (QED) is 0.659. The number of nitrogens with zero attached hydrogens (tertiary/aromatic N) is 1. The number of benzene rings is 1. The summed E-state index contributed by atoms with van der Waals surface area (Å²) in [5.41, 5.74) is -1.02. The predicted octanol–water partition coefficient (Wildman–Crippen LogP) is 4.64. The van der Waals surface area contributed by atoms with Gasteiger partial charge < -0.3 is 9.47 Å². The summed E-state index contributed by atoms with van der Waals surface area (Å²) < 4.78 is 63.5. The van der Waals surface area contributed by atoms with Gasteiger partial charge in [0.1, 0.15) is 11.4 Å². The number of hydrogen-bond acceptors (Lipinski definition) is 3. The summed E-state index contributed by atoms with van der Waals surface area (Å²) in [5, 5.41) is 0. The highest BCUT2D eigenvalue weighted by molar-refractivity contribution is 5.75. The highest BCUT2D eigenvalue weighted by atomic mass is 19.4. The molecule has 1 saturated heterocycles. The van der Waals surface area contributed by atoms with E-state index >= 15 is 0 Å². The molecule has 148 valence electrons. The number of carbonyl (C=O) groups is 1. The van der Waals surface area contributed by atoms with Gasteiger partial charge in [-0.2, -0.15) is 13.2 Å². The number of morpholine rings is 1. The smallest absolute Gasteiger partial charge is 0.419 e. The van der Waals surface area contributed by atoms with E-state index in [9.17, 15) is 22.4 Å². The van der Waals surface area contributed by atoms with Crippen LogP contribution in [-0.4, -0.2) is 41.9 Å². The molecule has 0 saturated carbocycles. The first kappa shape index (κ1) is 19.7. The lowest BCUT2D eigenvalue weighted by Gasteiger charge is -2.44. The summed E-state index contributed by atoms with van der Waals surface area (Å²) in [5.74, 6) is -1.30. The van der Waals surface area contributed by atoms with Crippen LogP contribution in [0.3, 0.4) is 0 Å². The molecule has 2 atom stereocenters. The van der Waals surface area contributed by atoms with Crippen molar-refractivity contribution < 1.29 is 31.8 Å². The molecule has 3 rings (SSSR count). The predicted molar refractivity (Wildman–Crippen MR) is 90.5 cm³/mol. The second-order valence-electron chi connectivity index (χ2n) is 7.73. The minimum Gasteiger partial charge on any atom is -0.444 e. The lowest BCUT2D eigenvalue weighted by Crippen LogP contribution is -2.57. The van der Waals surface area contributed by atoms with Crippen molar-refractivity contribution in [3.8, 4) is 0 Å². The average molecular weight is 387 g/mol. The zero-order valence-corrected chi connectivity index (χ0v) is 15.3. The molecule has 2 aliphatic rings. The molecule has 0 N–H and O–H groups in total. The van der Waals surface area contributed by atoms with Crippen LogP contribution >= 0.6 is 0 Å². The van der Waals surface area contributed by atoms with Gasteiger partial charge in [0.15, 0.2) is 0 Å². The normalized spacial score (nSPS) is 23.1. The Kier molecular flexibility index (Phi) is 4.96. The molecule has 1 fully saturated rings. The van der Waals surface area contributed by atoms with E-state index in [-0.39, 0.29) is 19.3 Å². The van der Waals surface area contributed by atoms with Crippen LogP contribution in [0.4, 0.5) is 22.4 Å². The SMILES string of the molecule is CC(C)(C)OC(=O)N1C2C=C(c3ccc(F)c(C(F)(F)F)c3)CC1COC2. The molecule has 2 aliphatic heterocycles. The zero-order chi connectivity index (χ0) is 20.0. The van der Waals surface area contributed by atoms with Gasteiger partial charge in [0, 0.05) is 0 Å². The number of amides is 1. The molecule has 8 heteroatoms. The van der Waals surface area contributed by atoms with Crippen molar-refractivity contribution in [2.75, 3.05) is 13.2 Å². The van der Waals surface area contributed by atoms with Crippen LogP contribution in [0.5, 0.6) is 0 Å². The third-order valence-corrected chi connectivity index (χ3v) is 4.45. The summed E-state index contributed by atoms with van der Waals surface area (Å²) in [4.78, 5) is 14.1. The van der Waals surface area contributed by atoms with E-state index in [0.717, 1.165) is 12.1 Å². The van der Waals surface area contributed by atoms with E-state index < -0.39 is 35.3 Å². The Morgan fingerprint density at radius 1 is 1.22 bits per heavy atom. The largest absolute Gasteiger partial charge is 0.444 e. The molecule has 1 aromatic rings. The fraction of sp³-hybridized carbons (Fsp3) is 0.526. The van der Waals surface area contributed by atoms with Crippen molar-refractivity contribution >= 4 is 11.7 Å². The second kappa shape index (κ2) is 6.82. The number of hydrogen-bond donors (Lipinski definition) is 0. The molecule has 0 radical (unpaired) electrons. The average Bonchev–Trinajstić information content (AvgIpc) is 2.51. The monoisotopic (exact) mass is 387 g/mol. The van der Waals surface area contributed by atoms with Gasteiger partial charge in [-0.05, 0) is 50.5 Å². The third kappa shape index (κ3) is 4.26. The highest BCUT2D eigenvalue weighted by Gasteiger charge is 2.41. The molecular weight excluding hydrogens is 366 g/mol. The fourth-order valence-corrected chi connectivity index (χ4v) is 3.35. The van der Waals surface area contributed by atoms with Crippen molar-refractivity contribution in [2.24, 2.45) is 0 Å². The number of alkyl halides is 3. The lowest BCUT2D eigenvalue weighted by molar-refractivity contribution is -0.140. The highest BCUT2D eigenvalue weighted by Crippen LogP contribution is 2.37. The van der Waals surface area contributed by atoms with E-state index in [0.29, 0.717) is 17.6 Å².